The molecule has 0 aliphatic heterocycles. The molecule has 0 aliphatic rings. The second-order valence-electron chi connectivity index (χ2n) is 5.55. The number of thiazole rings is 1. The summed E-state index contributed by atoms with van der Waals surface area (Å²) in [6.07, 6.45) is 4.53. The number of carbonyl (C=O) groups is 1. The smallest absolute Gasteiger partial charge is 0.253 e. The van der Waals surface area contributed by atoms with Gasteiger partial charge in [0.2, 0.25) is 0 Å². The van der Waals surface area contributed by atoms with Crippen molar-refractivity contribution < 1.29 is 4.79 Å². The molecule has 0 aliphatic carbocycles. The molecule has 0 radical (unpaired) electrons. The number of rotatable bonds is 6. The number of hydrogen-bond donors (Lipinski definition) is 2. The van der Waals surface area contributed by atoms with E-state index in [1.54, 1.807) is 11.3 Å². The zero-order valence-corrected chi connectivity index (χ0v) is 13.9. The maximum absolute atomic E-state index is 12.6. The van der Waals surface area contributed by atoms with Crippen molar-refractivity contribution in [2.45, 2.75) is 52.5 Å². The van der Waals surface area contributed by atoms with Crippen LogP contribution in [0.15, 0.2) is 17.6 Å². The van der Waals surface area contributed by atoms with Crippen molar-refractivity contribution in [3.05, 3.63) is 39.6 Å². The standard InChI is InChI=1S/C16H23N3OS/c1-5-7-13-12(8-9-17-13)14(20)19-16(4,6-2)15-18-11(3)10-21-15/h8-10,17H,5-7H2,1-4H3,(H,19,20). The number of carbonyl (C=O) groups excluding carboxylic acids is 1. The predicted molar refractivity (Wildman–Crippen MR) is 86.7 cm³/mol. The first kappa shape index (κ1) is 15.8. The zero-order chi connectivity index (χ0) is 15.5. The van der Waals surface area contributed by atoms with E-state index in [0.29, 0.717) is 0 Å². The van der Waals surface area contributed by atoms with Crippen LogP contribution >= 0.6 is 11.3 Å². The van der Waals surface area contributed by atoms with Crippen LogP contribution in [0.25, 0.3) is 0 Å². The lowest BCUT2D eigenvalue weighted by atomic mass is 9.99. The van der Waals surface area contributed by atoms with Crippen molar-refractivity contribution in [1.82, 2.24) is 15.3 Å². The molecule has 0 bridgehead atoms. The maximum atomic E-state index is 12.6. The van der Waals surface area contributed by atoms with Crippen LogP contribution in [0.2, 0.25) is 0 Å². The van der Waals surface area contributed by atoms with Crippen LogP contribution in [-0.2, 0) is 12.0 Å². The van der Waals surface area contributed by atoms with Crippen molar-refractivity contribution >= 4 is 17.2 Å². The molecule has 0 aromatic carbocycles. The number of nitrogens with one attached hydrogen (secondary N) is 2. The monoisotopic (exact) mass is 305 g/mol. The number of hydrogen-bond acceptors (Lipinski definition) is 3. The Labute approximate surface area is 130 Å². The Morgan fingerprint density at radius 1 is 1.48 bits per heavy atom. The fourth-order valence-corrected chi connectivity index (χ4v) is 3.28. The third-order valence-electron chi connectivity index (χ3n) is 3.76. The summed E-state index contributed by atoms with van der Waals surface area (Å²) in [5.41, 5.74) is 2.32. The molecule has 2 rings (SSSR count). The van der Waals surface area contributed by atoms with Gasteiger partial charge in [-0.3, -0.25) is 4.79 Å². The van der Waals surface area contributed by atoms with E-state index in [-0.39, 0.29) is 5.91 Å². The molecule has 0 fully saturated rings. The average molecular weight is 305 g/mol. The molecule has 1 atom stereocenters. The molecule has 1 unspecified atom stereocenters. The van der Waals surface area contributed by atoms with Crippen LogP contribution in [0, 0.1) is 6.92 Å². The molecule has 0 spiro atoms. The minimum atomic E-state index is -0.420. The fourth-order valence-electron chi connectivity index (χ4n) is 2.29. The van der Waals surface area contributed by atoms with Crippen molar-refractivity contribution in [2.75, 3.05) is 0 Å². The normalized spacial score (nSPS) is 13.9. The summed E-state index contributed by atoms with van der Waals surface area (Å²) >= 11 is 1.60. The molecule has 21 heavy (non-hydrogen) atoms. The molecule has 2 N–H and O–H groups in total. The van der Waals surface area contributed by atoms with Crippen LogP contribution < -0.4 is 5.32 Å². The Bertz CT molecular complexity index is 617. The number of aromatic amines is 1. The summed E-state index contributed by atoms with van der Waals surface area (Å²) in [5.74, 6) is -0.0306. The lowest BCUT2D eigenvalue weighted by Crippen LogP contribution is -2.43. The Hall–Kier alpha value is -1.62. The van der Waals surface area contributed by atoms with Crippen molar-refractivity contribution in [3.63, 3.8) is 0 Å². The van der Waals surface area contributed by atoms with Gasteiger partial charge in [-0.05, 0) is 32.8 Å². The van der Waals surface area contributed by atoms with Gasteiger partial charge < -0.3 is 10.3 Å². The van der Waals surface area contributed by atoms with Crippen LogP contribution in [0.4, 0.5) is 0 Å². The second-order valence-corrected chi connectivity index (χ2v) is 6.41. The number of aromatic nitrogens is 2. The van der Waals surface area contributed by atoms with Crippen LogP contribution in [-0.4, -0.2) is 15.9 Å². The van der Waals surface area contributed by atoms with E-state index in [4.69, 9.17) is 0 Å². The highest BCUT2D eigenvalue weighted by Crippen LogP contribution is 2.28. The largest absolute Gasteiger partial charge is 0.364 e. The molecule has 2 heterocycles. The number of aryl methyl sites for hydroxylation is 2. The van der Waals surface area contributed by atoms with Crippen molar-refractivity contribution in [1.29, 1.82) is 0 Å². The van der Waals surface area contributed by atoms with Crippen molar-refractivity contribution in [2.24, 2.45) is 0 Å². The summed E-state index contributed by atoms with van der Waals surface area (Å²) in [7, 11) is 0. The fraction of sp³-hybridized carbons (Fsp3) is 0.500. The van der Waals surface area contributed by atoms with E-state index in [1.807, 2.05) is 31.5 Å². The van der Waals surface area contributed by atoms with Gasteiger partial charge in [-0.15, -0.1) is 11.3 Å². The van der Waals surface area contributed by atoms with E-state index in [2.05, 4.69) is 29.1 Å². The topological polar surface area (TPSA) is 57.8 Å². The second kappa shape index (κ2) is 6.43. The quantitative estimate of drug-likeness (QED) is 0.853. The Balaban J connectivity index is 2.21. The SMILES string of the molecule is CCCc1[nH]ccc1C(=O)NC(C)(CC)c1nc(C)cs1. The van der Waals surface area contributed by atoms with Crippen molar-refractivity contribution in [3.8, 4) is 0 Å². The minimum Gasteiger partial charge on any atom is -0.364 e. The van der Waals surface area contributed by atoms with Gasteiger partial charge in [-0.1, -0.05) is 20.3 Å². The first-order valence-corrected chi connectivity index (χ1v) is 8.29. The lowest BCUT2D eigenvalue weighted by molar-refractivity contribution is 0.0901. The van der Waals surface area contributed by atoms with Crippen LogP contribution in [0.5, 0.6) is 0 Å². The molecular weight excluding hydrogens is 282 g/mol. The van der Waals surface area contributed by atoms with E-state index in [9.17, 15) is 4.79 Å². The molecule has 1 amide bonds. The predicted octanol–water partition coefficient (Wildman–Crippen LogP) is 3.79. The third kappa shape index (κ3) is 3.35. The highest BCUT2D eigenvalue weighted by molar-refractivity contribution is 7.09. The lowest BCUT2D eigenvalue weighted by Gasteiger charge is -2.27. The molecule has 5 heteroatoms. The first-order valence-electron chi connectivity index (χ1n) is 7.41. The summed E-state index contributed by atoms with van der Waals surface area (Å²) in [5, 5.41) is 6.15. The van der Waals surface area contributed by atoms with Gasteiger partial charge in [0, 0.05) is 23.0 Å². The average Bonchev–Trinajstić information content (AvgIpc) is 3.08. The first-order chi connectivity index (χ1) is 10.00. The molecule has 2 aromatic rings. The van der Waals surface area contributed by atoms with Crippen LogP contribution in [0.3, 0.4) is 0 Å². The highest BCUT2D eigenvalue weighted by atomic mass is 32.1. The summed E-state index contributed by atoms with van der Waals surface area (Å²) < 4.78 is 0. The zero-order valence-electron chi connectivity index (χ0n) is 13.1. The number of H-pyrrole nitrogens is 1. The molecule has 0 saturated carbocycles. The van der Waals surface area contributed by atoms with E-state index >= 15 is 0 Å². The Morgan fingerprint density at radius 2 is 2.24 bits per heavy atom. The Morgan fingerprint density at radius 3 is 2.81 bits per heavy atom. The van der Waals surface area contributed by atoms with Gasteiger partial charge >= 0.3 is 0 Å². The van der Waals surface area contributed by atoms with Gasteiger partial charge in [0.15, 0.2) is 0 Å². The molecule has 4 nitrogen and oxygen atoms in total. The van der Waals surface area contributed by atoms with Gasteiger partial charge in [0.25, 0.3) is 5.91 Å². The van der Waals surface area contributed by atoms with Gasteiger partial charge in [-0.25, -0.2) is 4.98 Å². The minimum absolute atomic E-state index is 0.0306. The van der Waals surface area contributed by atoms with E-state index < -0.39 is 5.54 Å². The van der Waals surface area contributed by atoms with Gasteiger partial charge in [0.05, 0.1) is 11.1 Å². The van der Waals surface area contributed by atoms with Gasteiger partial charge in [0.1, 0.15) is 5.01 Å². The molecular formula is C16H23N3OS. The Kier molecular flexibility index (Phi) is 4.83. The number of nitrogens with zero attached hydrogens (tertiary/aromatic N) is 1. The molecule has 2 aromatic heterocycles. The third-order valence-corrected chi connectivity index (χ3v) is 4.99. The van der Waals surface area contributed by atoms with Crippen LogP contribution in [0.1, 0.15) is 60.4 Å². The maximum Gasteiger partial charge on any atom is 0.253 e. The molecule has 0 saturated heterocycles. The summed E-state index contributed by atoms with van der Waals surface area (Å²) in [6, 6.07) is 1.85. The van der Waals surface area contributed by atoms with Gasteiger partial charge in [-0.2, -0.15) is 0 Å². The number of amides is 1. The molecule has 114 valence electrons. The van der Waals surface area contributed by atoms with E-state index in [1.165, 1.54) is 0 Å². The summed E-state index contributed by atoms with van der Waals surface area (Å²) in [4.78, 5) is 20.3. The van der Waals surface area contributed by atoms with E-state index in [0.717, 1.165) is 41.2 Å². The summed E-state index contributed by atoms with van der Waals surface area (Å²) in [6.45, 7) is 8.19. The highest BCUT2D eigenvalue weighted by Gasteiger charge is 2.30.